The molecule has 0 fully saturated rings. The van der Waals surface area contributed by atoms with Gasteiger partial charge >= 0.3 is 0 Å². The Kier molecular flexibility index (Phi) is 2.74. The molecule has 0 amide bonds. The van der Waals surface area contributed by atoms with Gasteiger partial charge in [-0.05, 0) is 32.0 Å². The molecule has 1 aliphatic heterocycles. The molecule has 0 bridgehead atoms. The predicted octanol–water partition coefficient (Wildman–Crippen LogP) is 2.53. The Morgan fingerprint density at radius 1 is 1.11 bits per heavy atom. The molecule has 2 heterocycles. The van der Waals surface area contributed by atoms with Gasteiger partial charge < -0.3 is 14.8 Å². The van der Waals surface area contributed by atoms with E-state index in [0.717, 1.165) is 34.1 Å². The number of hydrogen-bond acceptors (Lipinski definition) is 5. The van der Waals surface area contributed by atoms with Crippen LogP contribution in [-0.4, -0.2) is 23.8 Å². The molecule has 0 radical (unpaired) electrons. The lowest BCUT2D eigenvalue weighted by Gasteiger charge is -2.10. The molecule has 0 saturated carbocycles. The highest BCUT2D eigenvalue weighted by Gasteiger charge is 2.16. The second kappa shape index (κ2) is 4.42. The number of rotatable bonds is 2. The third kappa shape index (κ3) is 1.97. The van der Waals surface area contributed by atoms with E-state index in [2.05, 4.69) is 15.3 Å². The first-order valence-corrected chi connectivity index (χ1v) is 6.12. The van der Waals surface area contributed by atoms with Crippen LogP contribution >= 0.6 is 0 Å². The zero-order valence-corrected chi connectivity index (χ0v) is 11.2. The van der Waals surface area contributed by atoms with Crippen molar-refractivity contribution in [3.8, 4) is 22.9 Å². The topological polar surface area (TPSA) is 56.3 Å². The van der Waals surface area contributed by atoms with Gasteiger partial charge in [-0.15, -0.1) is 0 Å². The molecule has 1 aromatic carbocycles. The minimum absolute atomic E-state index is 0.272. The summed E-state index contributed by atoms with van der Waals surface area (Å²) in [6, 6.07) is 5.73. The molecule has 0 spiro atoms. The molecule has 98 valence electrons. The number of nitrogens with one attached hydrogen (secondary N) is 1. The van der Waals surface area contributed by atoms with Crippen LogP contribution in [0.25, 0.3) is 11.4 Å². The Balaban J connectivity index is 2.09. The number of ether oxygens (including phenoxy) is 2. The Bertz CT molecular complexity index is 641. The molecule has 1 aliphatic rings. The maximum Gasteiger partial charge on any atom is 0.231 e. The maximum absolute atomic E-state index is 5.38. The van der Waals surface area contributed by atoms with E-state index in [1.165, 1.54) is 0 Å². The fraction of sp³-hybridized carbons (Fsp3) is 0.286. The molecule has 0 aliphatic carbocycles. The van der Waals surface area contributed by atoms with Crippen molar-refractivity contribution in [3.05, 3.63) is 29.5 Å². The molecule has 0 saturated heterocycles. The van der Waals surface area contributed by atoms with E-state index in [-0.39, 0.29) is 6.79 Å². The fourth-order valence-corrected chi connectivity index (χ4v) is 2.04. The third-order valence-electron chi connectivity index (χ3n) is 3.26. The average molecular weight is 257 g/mol. The van der Waals surface area contributed by atoms with Gasteiger partial charge in [0.1, 0.15) is 5.82 Å². The molecule has 0 atom stereocenters. The number of nitrogens with zero attached hydrogens (tertiary/aromatic N) is 2. The minimum Gasteiger partial charge on any atom is -0.454 e. The second-order valence-electron chi connectivity index (χ2n) is 4.42. The first kappa shape index (κ1) is 11.8. The lowest BCUT2D eigenvalue weighted by atomic mass is 10.1. The van der Waals surface area contributed by atoms with Crippen LogP contribution in [-0.2, 0) is 0 Å². The van der Waals surface area contributed by atoms with Crippen LogP contribution in [0.4, 0.5) is 5.82 Å². The molecule has 0 unspecified atom stereocenters. The van der Waals surface area contributed by atoms with E-state index in [4.69, 9.17) is 9.47 Å². The van der Waals surface area contributed by atoms with Crippen molar-refractivity contribution in [2.45, 2.75) is 13.8 Å². The summed E-state index contributed by atoms with van der Waals surface area (Å²) in [6.07, 6.45) is 0. The van der Waals surface area contributed by atoms with Crippen LogP contribution in [0, 0.1) is 13.8 Å². The lowest BCUT2D eigenvalue weighted by Crippen LogP contribution is -2.02. The quantitative estimate of drug-likeness (QED) is 0.896. The molecule has 1 aromatic heterocycles. The van der Waals surface area contributed by atoms with E-state index in [1.807, 2.05) is 39.1 Å². The number of benzene rings is 1. The van der Waals surface area contributed by atoms with E-state index in [9.17, 15) is 0 Å². The summed E-state index contributed by atoms with van der Waals surface area (Å²) in [6.45, 7) is 4.26. The van der Waals surface area contributed by atoms with E-state index in [1.54, 1.807) is 0 Å². The van der Waals surface area contributed by atoms with E-state index < -0.39 is 0 Å². The Morgan fingerprint density at radius 3 is 2.68 bits per heavy atom. The van der Waals surface area contributed by atoms with Gasteiger partial charge in [0.05, 0.1) is 0 Å². The molecule has 1 N–H and O–H groups in total. The van der Waals surface area contributed by atoms with E-state index in [0.29, 0.717) is 5.82 Å². The number of aryl methyl sites for hydroxylation is 1. The number of fused-ring (bicyclic) bond motifs is 1. The molecule has 19 heavy (non-hydrogen) atoms. The Labute approximate surface area is 111 Å². The molecule has 2 aromatic rings. The van der Waals surface area contributed by atoms with Crippen LogP contribution in [0.2, 0.25) is 0 Å². The van der Waals surface area contributed by atoms with E-state index >= 15 is 0 Å². The van der Waals surface area contributed by atoms with Crippen molar-refractivity contribution in [1.82, 2.24) is 9.97 Å². The molecular formula is C14H15N3O2. The van der Waals surface area contributed by atoms with Crippen molar-refractivity contribution in [2.75, 3.05) is 19.2 Å². The van der Waals surface area contributed by atoms with Gasteiger partial charge in [-0.25, -0.2) is 9.97 Å². The van der Waals surface area contributed by atoms with Crippen molar-refractivity contribution in [1.29, 1.82) is 0 Å². The highest BCUT2D eigenvalue weighted by atomic mass is 16.7. The summed E-state index contributed by atoms with van der Waals surface area (Å²) in [5, 5.41) is 3.09. The summed E-state index contributed by atoms with van der Waals surface area (Å²) in [4.78, 5) is 9.06. The van der Waals surface area contributed by atoms with Gasteiger partial charge in [-0.3, -0.25) is 0 Å². The molecule has 5 heteroatoms. The standard InChI is InChI=1S/C14H15N3O2/c1-8-9(2)16-14(17-13(8)15-3)10-4-5-11-12(6-10)19-7-18-11/h4-6H,7H2,1-3H3,(H,15,16,17). The summed E-state index contributed by atoms with van der Waals surface area (Å²) in [5.74, 6) is 3.04. The first-order valence-electron chi connectivity index (χ1n) is 6.12. The van der Waals surface area contributed by atoms with Crippen LogP contribution in [0.1, 0.15) is 11.3 Å². The largest absolute Gasteiger partial charge is 0.454 e. The zero-order chi connectivity index (χ0) is 13.4. The van der Waals surface area contributed by atoms with Gasteiger partial charge in [0.2, 0.25) is 6.79 Å². The van der Waals surface area contributed by atoms with Gasteiger partial charge in [-0.2, -0.15) is 0 Å². The monoisotopic (exact) mass is 257 g/mol. The Morgan fingerprint density at radius 2 is 1.89 bits per heavy atom. The SMILES string of the molecule is CNc1nc(-c2ccc3c(c2)OCO3)nc(C)c1C. The number of anilines is 1. The van der Waals surface area contributed by atoms with Crippen molar-refractivity contribution in [2.24, 2.45) is 0 Å². The summed E-state index contributed by atoms with van der Waals surface area (Å²) in [7, 11) is 1.86. The average Bonchev–Trinajstić information content (AvgIpc) is 2.89. The summed E-state index contributed by atoms with van der Waals surface area (Å²) < 4.78 is 10.7. The number of hydrogen-bond donors (Lipinski definition) is 1. The van der Waals surface area contributed by atoms with Crippen LogP contribution in [0.3, 0.4) is 0 Å². The first-order chi connectivity index (χ1) is 9.19. The van der Waals surface area contributed by atoms with Gasteiger partial charge in [0.15, 0.2) is 17.3 Å². The number of aromatic nitrogens is 2. The van der Waals surface area contributed by atoms with Crippen LogP contribution in [0.15, 0.2) is 18.2 Å². The summed E-state index contributed by atoms with van der Waals surface area (Å²) in [5.41, 5.74) is 2.95. The van der Waals surface area contributed by atoms with Crippen LogP contribution in [0.5, 0.6) is 11.5 Å². The fourth-order valence-electron chi connectivity index (χ4n) is 2.04. The summed E-state index contributed by atoms with van der Waals surface area (Å²) >= 11 is 0. The highest BCUT2D eigenvalue weighted by molar-refractivity contribution is 5.64. The van der Waals surface area contributed by atoms with Crippen LogP contribution < -0.4 is 14.8 Å². The van der Waals surface area contributed by atoms with Crippen molar-refractivity contribution in [3.63, 3.8) is 0 Å². The van der Waals surface area contributed by atoms with Crippen molar-refractivity contribution >= 4 is 5.82 Å². The Hall–Kier alpha value is -2.30. The van der Waals surface area contributed by atoms with Crippen molar-refractivity contribution < 1.29 is 9.47 Å². The van der Waals surface area contributed by atoms with Gasteiger partial charge in [0.25, 0.3) is 0 Å². The molecule has 3 rings (SSSR count). The highest BCUT2D eigenvalue weighted by Crippen LogP contribution is 2.35. The predicted molar refractivity (Wildman–Crippen MR) is 72.6 cm³/mol. The second-order valence-corrected chi connectivity index (χ2v) is 4.42. The third-order valence-corrected chi connectivity index (χ3v) is 3.26. The zero-order valence-electron chi connectivity index (χ0n) is 11.2. The normalized spacial score (nSPS) is 12.6. The van der Waals surface area contributed by atoms with Gasteiger partial charge in [-0.1, -0.05) is 0 Å². The van der Waals surface area contributed by atoms with Gasteiger partial charge in [0, 0.05) is 23.9 Å². The lowest BCUT2D eigenvalue weighted by molar-refractivity contribution is 0.174. The minimum atomic E-state index is 0.272. The maximum atomic E-state index is 5.38. The smallest absolute Gasteiger partial charge is 0.231 e. The molecule has 5 nitrogen and oxygen atoms in total. The molecular weight excluding hydrogens is 242 g/mol.